The Hall–Kier alpha value is -1.19. The summed E-state index contributed by atoms with van der Waals surface area (Å²) in [4.78, 5) is 12.3. The van der Waals surface area contributed by atoms with Crippen LogP contribution in [0.15, 0.2) is 24.3 Å². The highest BCUT2D eigenvalue weighted by molar-refractivity contribution is 7.86. The van der Waals surface area contributed by atoms with Gasteiger partial charge in [0.25, 0.3) is 10.2 Å². The van der Waals surface area contributed by atoms with Crippen molar-refractivity contribution in [2.75, 3.05) is 19.6 Å². The van der Waals surface area contributed by atoms with E-state index in [-0.39, 0.29) is 43.4 Å². The molecule has 1 amide bonds. The Bertz CT molecular complexity index is 686. The second kappa shape index (κ2) is 9.66. The Labute approximate surface area is 162 Å². The second-order valence-corrected chi connectivity index (χ2v) is 8.44. The lowest BCUT2D eigenvalue weighted by Gasteiger charge is -2.29. The molecule has 9 heteroatoms. The smallest absolute Gasteiger partial charge is 0.276 e. The Kier molecular flexibility index (Phi) is 8.49. The molecule has 0 bridgehead atoms. The Morgan fingerprint density at radius 1 is 1.19 bits per heavy atom. The van der Waals surface area contributed by atoms with Crippen molar-refractivity contribution in [2.45, 2.75) is 38.6 Å². The third kappa shape index (κ3) is 6.21. The lowest BCUT2D eigenvalue weighted by molar-refractivity contribution is -0.126. The summed E-state index contributed by atoms with van der Waals surface area (Å²) in [6.07, 6.45) is 0.946. The van der Waals surface area contributed by atoms with Gasteiger partial charge in [0, 0.05) is 31.6 Å². The third-order valence-corrected chi connectivity index (χ3v) is 5.80. The van der Waals surface area contributed by atoms with Crippen LogP contribution in [0.25, 0.3) is 0 Å². The Morgan fingerprint density at radius 2 is 1.69 bits per heavy atom. The SMILES string of the molecule is CC(C)c1ccc(C(N)CNC(=O)C2CCN(S(N)(=O)=O)CC2)cc1.Cl. The zero-order valence-electron chi connectivity index (χ0n) is 15.2. The van der Waals surface area contributed by atoms with Crippen LogP contribution in [-0.4, -0.2) is 38.3 Å². The van der Waals surface area contributed by atoms with Crippen molar-refractivity contribution in [1.29, 1.82) is 0 Å². The molecule has 1 aromatic carbocycles. The van der Waals surface area contributed by atoms with Gasteiger partial charge in [-0.05, 0) is 29.9 Å². The van der Waals surface area contributed by atoms with Crippen LogP contribution in [0.5, 0.6) is 0 Å². The fraction of sp³-hybridized carbons (Fsp3) is 0.588. The summed E-state index contributed by atoms with van der Waals surface area (Å²) in [5.74, 6) is 0.185. The molecule has 1 atom stereocenters. The molecular formula is C17H29ClN4O3S. The maximum Gasteiger partial charge on any atom is 0.276 e. The van der Waals surface area contributed by atoms with E-state index in [0.29, 0.717) is 25.3 Å². The number of nitrogens with two attached hydrogens (primary N) is 2. The first kappa shape index (κ1) is 22.9. The lowest BCUT2D eigenvalue weighted by Crippen LogP contribution is -2.46. The highest BCUT2D eigenvalue weighted by Crippen LogP contribution is 2.20. The standard InChI is InChI=1S/C17H28N4O3S.ClH/c1-12(2)13-3-5-14(6-4-13)16(18)11-20-17(22)15-7-9-21(10-8-15)25(19,23)24;/h3-6,12,15-16H,7-11,18H2,1-2H3,(H,20,22)(H2,19,23,24);1H. The fourth-order valence-electron chi connectivity index (χ4n) is 2.97. The van der Waals surface area contributed by atoms with E-state index in [1.807, 2.05) is 12.1 Å². The zero-order valence-corrected chi connectivity index (χ0v) is 16.9. The van der Waals surface area contributed by atoms with Crippen molar-refractivity contribution in [3.05, 3.63) is 35.4 Å². The highest BCUT2D eigenvalue weighted by Gasteiger charge is 2.29. The summed E-state index contributed by atoms with van der Waals surface area (Å²) in [6, 6.07) is 7.85. The van der Waals surface area contributed by atoms with Crippen LogP contribution in [0.3, 0.4) is 0 Å². The topological polar surface area (TPSA) is 119 Å². The zero-order chi connectivity index (χ0) is 18.6. The number of hydrogen-bond donors (Lipinski definition) is 3. The monoisotopic (exact) mass is 404 g/mol. The van der Waals surface area contributed by atoms with Gasteiger partial charge in [-0.3, -0.25) is 4.79 Å². The molecule has 1 fully saturated rings. The molecule has 2 rings (SSSR count). The number of carbonyl (C=O) groups excluding carboxylic acids is 1. The molecule has 1 aliphatic heterocycles. The second-order valence-electron chi connectivity index (χ2n) is 6.89. The van der Waals surface area contributed by atoms with Crippen LogP contribution in [0.4, 0.5) is 0 Å². The average molecular weight is 405 g/mol. The quantitative estimate of drug-likeness (QED) is 0.661. The molecule has 1 unspecified atom stereocenters. The molecule has 1 heterocycles. The van der Waals surface area contributed by atoms with Crippen LogP contribution in [0, 0.1) is 5.92 Å². The van der Waals surface area contributed by atoms with E-state index in [4.69, 9.17) is 10.9 Å². The van der Waals surface area contributed by atoms with Crippen molar-refractivity contribution in [1.82, 2.24) is 9.62 Å². The Morgan fingerprint density at radius 3 is 2.15 bits per heavy atom. The molecule has 7 nitrogen and oxygen atoms in total. The summed E-state index contributed by atoms with van der Waals surface area (Å²) < 4.78 is 23.8. The van der Waals surface area contributed by atoms with Crippen molar-refractivity contribution >= 4 is 28.5 Å². The molecule has 0 radical (unpaired) electrons. The van der Waals surface area contributed by atoms with Crippen molar-refractivity contribution in [3.63, 3.8) is 0 Å². The van der Waals surface area contributed by atoms with Crippen molar-refractivity contribution < 1.29 is 13.2 Å². The van der Waals surface area contributed by atoms with Crippen LogP contribution < -0.4 is 16.2 Å². The molecule has 0 saturated carbocycles. The van der Waals surface area contributed by atoms with Crippen LogP contribution in [0.1, 0.15) is 49.8 Å². The molecule has 1 saturated heterocycles. The molecule has 1 aromatic rings. The van der Waals surface area contributed by atoms with Gasteiger partial charge < -0.3 is 11.1 Å². The van der Waals surface area contributed by atoms with E-state index in [1.54, 1.807) is 0 Å². The van der Waals surface area contributed by atoms with Gasteiger partial charge in [0.1, 0.15) is 0 Å². The number of piperidine rings is 1. The maximum atomic E-state index is 12.3. The lowest BCUT2D eigenvalue weighted by atomic mass is 9.96. The minimum absolute atomic E-state index is 0. The number of rotatable bonds is 6. The van der Waals surface area contributed by atoms with Gasteiger partial charge in [-0.15, -0.1) is 12.4 Å². The molecule has 148 valence electrons. The van der Waals surface area contributed by atoms with Crippen molar-refractivity contribution in [3.8, 4) is 0 Å². The molecule has 26 heavy (non-hydrogen) atoms. The summed E-state index contributed by atoms with van der Waals surface area (Å²) >= 11 is 0. The van der Waals surface area contributed by atoms with Crippen LogP contribution in [-0.2, 0) is 15.0 Å². The van der Waals surface area contributed by atoms with E-state index in [9.17, 15) is 13.2 Å². The minimum Gasteiger partial charge on any atom is -0.354 e. The predicted octanol–water partition coefficient (Wildman–Crippen LogP) is 1.26. The van der Waals surface area contributed by atoms with E-state index < -0.39 is 10.2 Å². The number of amides is 1. The number of benzene rings is 1. The summed E-state index contributed by atoms with van der Waals surface area (Å²) in [6.45, 7) is 5.18. The molecular weight excluding hydrogens is 376 g/mol. The van der Waals surface area contributed by atoms with E-state index in [1.165, 1.54) is 9.87 Å². The molecule has 0 aliphatic carbocycles. The first-order chi connectivity index (χ1) is 11.7. The highest BCUT2D eigenvalue weighted by atomic mass is 35.5. The number of nitrogens with one attached hydrogen (secondary N) is 1. The molecule has 0 aromatic heterocycles. The van der Waals surface area contributed by atoms with Crippen LogP contribution in [0.2, 0.25) is 0 Å². The minimum atomic E-state index is -3.66. The number of carbonyl (C=O) groups is 1. The van der Waals surface area contributed by atoms with Gasteiger partial charge in [-0.2, -0.15) is 12.7 Å². The molecule has 1 aliphatic rings. The average Bonchev–Trinajstić information content (AvgIpc) is 2.58. The van der Waals surface area contributed by atoms with E-state index in [0.717, 1.165) is 5.56 Å². The van der Waals surface area contributed by atoms with Gasteiger partial charge in [0.05, 0.1) is 0 Å². The summed E-state index contributed by atoms with van der Waals surface area (Å²) in [5, 5.41) is 7.98. The normalized spacial score (nSPS) is 17.6. The van der Waals surface area contributed by atoms with Crippen molar-refractivity contribution in [2.24, 2.45) is 16.8 Å². The van der Waals surface area contributed by atoms with Gasteiger partial charge >= 0.3 is 0 Å². The number of nitrogens with zero attached hydrogens (tertiary/aromatic N) is 1. The number of halogens is 1. The van der Waals surface area contributed by atoms with Gasteiger partial charge in [0.15, 0.2) is 0 Å². The summed E-state index contributed by atoms with van der Waals surface area (Å²) in [5.41, 5.74) is 8.39. The van der Waals surface area contributed by atoms with E-state index in [2.05, 4.69) is 31.3 Å². The third-order valence-electron chi connectivity index (χ3n) is 4.71. The fourth-order valence-corrected chi connectivity index (χ4v) is 3.69. The van der Waals surface area contributed by atoms with E-state index >= 15 is 0 Å². The largest absolute Gasteiger partial charge is 0.354 e. The molecule has 0 spiro atoms. The number of hydrogen-bond acceptors (Lipinski definition) is 4. The predicted molar refractivity (Wildman–Crippen MR) is 105 cm³/mol. The summed E-state index contributed by atoms with van der Waals surface area (Å²) in [7, 11) is -3.66. The Balaban J connectivity index is 0.00000338. The van der Waals surface area contributed by atoms with Gasteiger partial charge in [0.2, 0.25) is 5.91 Å². The maximum absolute atomic E-state index is 12.3. The van der Waals surface area contributed by atoms with Crippen LogP contribution >= 0.6 is 12.4 Å². The van der Waals surface area contributed by atoms with Gasteiger partial charge in [-0.1, -0.05) is 38.1 Å². The molecule has 5 N–H and O–H groups in total. The first-order valence-electron chi connectivity index (χ1n) is 8.59. The first-order valence-corrected chi connectivity index (χ1v) is 10.1. The van der Waals surface area contributed by atoms with Gasteiger partial charge in [-0.25, -0.2) is 5.14 Å².